The summed E-state index contributed by atoms with van der Waals surface area (Å²) in [5.41, 5.74) is 2.26. The molecule has 2 heterocycles. The lowest BCUT2D eigenvalue weighted by atomic mass is 9.98. The third-order valence-electron chi connectivity index (χ3n) is 5.36. The van der Waals surface area contributed by atoms with E-state index >= 15 is 0 Å². The summed E-state index contributed by atoms with van der Waals surface area (Å²) in [6.07, 6.45) is 1.81. The zero-order valence-electron chi connectivity index (χ0n) is 18.1. The number of nitrogens with one attached hydrogen (secondary N) is 3. The molecule has 3 N–H and O–H groups in total. The minimum atomic E-state index is -0.347. The van der Waals surface area contributed by atoms with Crippen LogP contribution in [0.25, 0.3) is 11.3 Å². The fourth-order valence-electron chi connectivity index (χ4n) is 3.70. The number of rotatable bonds is 6. The van der Waals surface area contributed by atoms with Gasteiger partial charge in [-0.2, -0.15) is 0 Å². The van der Waals surface area contributed by atoms with E-state index in [1.807, 2.05) is 12.1 Å². The van der Waals surface area contributed by atoms with Gasteiger partial charge in [0, 0.05) is 29.8 Å². The second kappa shape index (κ2) is 9.65. The molecule has 1 fully saturated rings. The van der Waals surface area contributed by atoms with Crippen LogP contribution in [-0.2, 0) is 4.79 Å². The molecule has 1 aromatic heterocycles. The predicted octanol–water partition coefficient (Wildman–Crippen LogP) is 4.03. The number of carbonyl (C=O) groups excluding carboxylic acids is 2. The van der Waals surface area contributed by atoms with Crippen LogP contribution in [0, 0.1) is 0 Å². The number of carbonyl (C=O) groups is 2. The fourth-order valence-corrected chi connectivity index (χ4v) is 3.70. The van der Waals surface area contributed by atoms with Gasteiger partial charge in [-0.3, -0.25) is 9.59 Å². The van der Waals surface area contributed by atoms with Crippen molar-refractivity contribution >= 4 is 23.2 Å². The second-order valence-electron chi connectivity index (χ2n) is 7.70. The summed E-state index contributed by atoms with van der Waals surface area (Å²) in [7, 11) is 1.59. The molecule has 0 radical (unpaired) electrons. The van der Waals surface area contributed by atoms with Gasteiger partial charge in [0.25, 0.3) is 5.91 Å². The minimum absolute atomic E-state index is 0.148. The first kappa shape index (κ1) is 21.6. The number of aromatic nitrogens is 1. The molecule has 0 saturated carbocycles. The van der Waals surface area contributed by atoms with E-state index in [9.17, 15) is 9.59 Å². The Hall–Kier alpha value is -3.65. The average molecular weight is 434 g/mol. The van der Waals surface area contributed by atoms with Crippen molar-refractivity contribution in [1.82, 2.24) is 10.3 Å². The van der Waals surface area contributed by atoms with Crippen molar-refractivity contribution < 1.29 is 18.7 Å². The van der Waals surface area contributed by atoms with Crippen LogP contribution >= 0.6 is 0 Å². The molecule has 0 bridgehead atoms. The number of piperidine rings is 1. The normalized spacial score (nSPS) is 14.1. The lowest BCUT2D eigenvalue weighted by Gasteiger charge is -2.19. The van der Waals surface area contributed by atoms with Crippen molar-refractivity contribution in [2.75, 3.05) is 30.8 Å². The summed E-state index contributed by atoms with van der Waals surface area (Å²) in [6, 6.07) is 14.3. The molecular formula is C24H26N4O4. The number of hydrogen-bond donors (Lipinski definition) is 3. The lowest BCUT2D eigenvalue weighted by Crippen LogP contribution is -2.26. The highest BCUT2D eigenvalue weighted by molar-refractivity contribution is 6.06. The summed E-state index contributed by atoms with van der Waals surface area (Å²) in [6.45, 7) is 3.24. The van der Waals surface area contributed by atoms with E-state index < -0.39 is 0 Å². The van der Waals surface area contributed by atoms with Gasteiger partial charge in [-0.15, -0.1) is 0 Å². The van der Waals surface area contributed by atoms with Gasteiger partial charge in [0.15, 0.2) is 17.3 Å². The Bertz CT molecular complexity index is 1080. The number of ether oxygens (including phenoxy) is 1. The van der Waals surface area contributed by atoms with Crippen LogP contribution in [0.5, 0.6) is 5.75 Å². The van der Waals surface area contributed by atoms with Gasteiger partial charge in [-0.1, -0.05) is 0 Å². The number of oxazole rings is 1. The van der Waals surface area contributed by atoms with Gasteiger partial charge in [0.1, 0.15) is 5.75 Å². The Morgan fingerprint density at radius 3 is 2.25 bits per heavy atom. The topological polar surface area (TPSA) is 105 Å². The summed E-state index contributed by atoms with van der Waals surface area (Å²) in [5, 5.41) is 8.96. The molecule has 1 aliphatic heterocycles. The van der Waals surface area contributed by atoms with Gasteiger partial charge >= 0.3 is 0 Å². The van der Waals surface area contributed by atoms with Gasteiger partial charge < -0.3 is 25.1 Å². The van der Waals surface area contributed by atoms with E-state index in [0.29, 0.717) is 34.3 Å². The minimum Gasteiger partial charge on any atom is -0.497 e. The summed E-state index contributed by atoms with van der Waals surface area (Å²) in [4.78, 5) is 29.0. The van der Waals surface area contributed by atoms with Crippen LogP contribution in [-0.4, -0.2) is 37.0 Å². The first-order chi connectivity index (χ1) is 15.5. The van der Waals surface area contributed by atoms with Crippen LogP contribution in [0.2, 0.25) is 0 Å². The van der Waals surface area contributed by atoms with Crippen molar-refractivity contribution in [3.8, 4) is 17.1 Å². The number of anilines is 2. The smallest absolute Gasteiger partial charge is 0.278 e. The highest BCUT2D eigenvalue weighted by Gasteiger charge is 2.27. The van der Waals surface area contributed by atoms with Crippen LogP contribution in [0.15, 0.2) is 52.9 Å². The summed E-state index contributed by atoms with van der Waals surface area (Å²) < 4.78 is 11.3. The van der Waals surface area contributed by atoms with Gasteiger partial charge in [-0.25, -0.2) is 4.98 Å². The molecule has 32 heavy (non-hydrogen) atoms. The molecule has 166 valence electrons. The zero-order valence-corrected chi connectivity index (χ0v) is 18.1. The predicted molar refractivity (Wildman–Crippen MR) is 122 cm³/mol. The van der Waals surface area contributed by atoms with Gasteiger partial charge in [0.05, 0.1) is 7.11 Å². The summed E-state index contributed by atoms with van der Waals surface area (Å²) >= 11 is 0. The van der Waals surface area contributed by atoms with Crippen molar-refractivity contribution in [3.63, 3.8) is 0 Å². The van der Waals surface area contributed by atoms with E-state index in [-0.39, 0.29) is 23.4 Å². The maximum atomic E-state index is 13.1. The monoisotopic (exact) mass is 434 g/mol. The molecule has 2 amide bonds. The molecule has 8 heteroatoms. The Kier molecular flexibility index (Phi) is 6.51. The van der Waals surface area contributed by atoms with Crippen molar-refractivity contribution in [3.05, 3.63) is 60.1 Å². The molecule has 4 rings (SSSR count). The SMILES string of the molecule is COc1ccc(NC(=O)c2nc(C3CCNCC3)oc2-c2ccc(NC(C)=O)cc2)cc1. The Labute approximate surface area is 186 Å². The Morgan fingerprint density at radius 1 is 1.00 bits per heavy atom. The molecule has 8 nitrogen and oxygen atoms in total. The maximum absolute atomic E-state index is 13.1. The van der Waals surface area contributed by atoms with E-state index in [4.69, 9.17) is 9.15 Å². The third kappa shape index (κ3) is 4.97. The first-order valence-electron chi connectivity index (χ1n) is 10.6. The van der Waals surface area contributed by atoms with E-state index in [1.165, 1.54) is 6.92 Å². The molecule has 0 aliphatic carbocycles. The lowest BCUT2D eigenvalue weighted by molar-refractivity contribution is -0.114. The fraction of sp³-hybridized carbons (Fsp3) is 0.292. The quantitative estimate of drug-likeness (QED) is 0.541. The van der Waals surface area contributed by atoms with E-state index in [2.05, 4.69) is 20.9 Å². The first-order valence-corrected chi connectivity index (χ1v) is 10.6. The van der Waals surface area contributed by atoms with E-state index in [0.717, 1.165) is 25.9 Å². The molecule has 1 saturated heterocycles. The number of benzene rings is 2. The van der Waals surface area contributed by atoms with Gasteiger partial charge in [-0.05, 0) is 74.5 Å². The Morgan fingerprint density at radius 2 is 1.62 bits per heavy atom. The molecule has 0 spiro atoms. The molecule has 1 aliphatic rings. The number of hydrogen-bond acceptors (Lipinski definition) is 6. The highest BCUT2D eigenvalue weighted by Crippen LogP contribution is 2.33. The highest BCUT2D eigenvalue weighted by atomic mass is 16.5. The maximum Gasteiger partial charge on any atom is 0.278 e. The molecule has 2 aromatic carbocycles. The van der Waals surface area contributed by atoms with E-state index in [1.54, 1.807) is 43.5 Å². The van der Waals surface area contributed by atoms with Crippen LogP contribution in [0.1, 0.15) is 42.1 Å². The molecule has 0 unspecified atom stereocenters. The number of nitrogens with zero attached hydrogens (tertiary/aromatic N) is 1. The third-order valence-corrected chi connectivity index (χ3v) is 5.36. The molecular weight excluding hydrogens is 408 g/mol. The van der Waals surface area contributed by atoms with Crippen LogP contribution in [0.4, 0.5) is 11.4 Å². The van der Waals surface area contributed by atoms with Crippen LogP contribution in [0.3, 0.4) is 0 Å². The number of amides is 2. The van der Waals surface area contributed by atoms with Crippen LogP contribution < -0.4 is 20.7 Å². The van der Waals surface area contributed by atoms with Gasteiger partial charge in [0.2, 0.25) is 5.91 Å². The molecule has 0 atom stereocenters. The zero-order chi connectivity index (χ0) is 22.5. The molecule has 3 aromatic rings. The average Bonchev–Trinajstić information content (AvgIpc) is 3.26. The van der Waals surface area contributed by atoms with Crippen molar-refractivity contribution in [2.45, 2.75) is 25.7 Å². The van der Waals surface area contributed by atoms with Crippen molar-refractivity contribution in [1.29, 1.82) is 0 Å². The Balaban J connectivity index is 1.64. The summed E-state index contributed by atoms with van der Waals surface area (Å²) in [5.74, 6) is 1.37. The second-order valence-corrected chi connectivity index (χ2v) is 7.70. The number of methoxy groups -OCH3 is 1. The largest absolute Gasteiger partial charge is 0.497 e. The standard InChI is InChI=1S/C24H26N4O4/c1-15(29)26-18-5-3-16(4-6-18)22-21(28-24(32-22)17-11-13-25-14-12-17)23(30)27-19-7-9-20(31-2)10-8-19/h3-10,17,25H,11-14H2,1-2H3,(H,26,29)(H,27,30). The van der Waals surface area contributed by atoms with Crippen molar-refractivity contribution in [2.24, 2.45) is 0 Å².